The average Bonchev–Trinajstić information content (AvgIpc) is 3.42. The van der Waals surface area contributed by atoms with E-state index in [0.29, 0.717) is 0 Å². The summed E-state index contributed by atoms with van der Waals surface area (Å²) in [6.07, 6.45) is 15.7. The summed E-state index contributed by atoms with van der Waals surface area (Å²) in [7, 11) is 0. The van der Waals surface area contributed by atoms with Gasteiger partial charge in [0.1, 0.15) is 0 Å². The standard InChI is InChI=1S/C24H36O2S2.6CH3.2Sn/c1-3-5-7-9-11-13-15-25-21-17-23(27-19-21)24-18-22(20-28-24)26-16-14-12-10-8-6-4-2;;;;;;;;/h17-18H,3-16H2,1-2H3;6*1H3;;. The SMILES string of the molecule is CCCCCCCCOc1cc(-c2cc(OCCCCCCCC)[c]([Sn]([CH3])([CH3])[CH3])s2)s[c]1[Sn]([CH3])([CH3])[CH3]. The molecule has 0 saturated heterocycles. The normalized spacial score (nSPS) is 12.3. The molecule has 0 amide bonds. The second kappa shape index (κ2) is 16.6. The summed E-state index contributed by atoms with van der Waals surface area (Å²) < 4.78 is 16.0. The van der Waals surface area contributed by atoms with E-state index in [1.165, 1.54) is 98.3 Å². The summed E-state index contributed by atoms with van der Waals surface area (Å²) in [6, 6.07) is 4.73. The van der Waals surface area contributed by atoms with E-state index in [2.05, 4.69) is 55.6 Å². The van der Waals surface area contributed by atoms with Crippen LogP contribution in [0.4, 0.5) is 0 Å². The second-order valence-electron chi connectivity index (χ2n) is 12.3. The molecule has 206 valence electrons. The van der Waals surface area contributed by atoms with Gasteiger partial charge in [-0.3, -0.25) is 0 Å². The monoisotopic (exact) mass is 750 g/mol. The molecule has 2 nitrogen and oxygen atoms in total. The van der Waals surface area contributed by atoms with Crippen LogP contribution < -0.4 is 15.3 Å². The van der Waals surface area contributed by atoms with Gasteiger partial charge in [-0.05, 0) is 0 Å². The second-order valence-corrected chi connectivity index (χ2v) is 45.1. The van der Waals surface area contributed by atoms with Crippen molar-refractivity contribution in [2.45, 2.75) is 121 Å². The zero-order valence-corrected chi connectivity index (χ0v) is 32.0. The molecule has 2 heterocycles. The summed E-state index contributed by atoms with van der Waals surface area (Å²) in [5.41, 5.74) is 0. The molecule has 2 aromatic rings. The number of hydrogen-bond donors (Lipinski definition) is 0. The minimum atomic E-state index is -2.28. The fourth-order valence-corrected chi connectivity index (χ4v) is 18.9. The number of unbranched alkanes of at least 4 members (excludes halogenated alkanes) is 10. The van der Waals surface area contributed by atoms with Crippen molar-refractivity contribution in [1.29, 1.82) is 0 Å². The van der Waals surface area contributed by atoms with Crippen LogP contribution >= 0.6 is 22.7 Å². The number of ether oxygens (including phenoxy) is 2. The quantitative estimate of drug-likeness (QED) is 0.105. The third-order valence-electron chi connectivity index (χ3n) is 6.51. The molecule has 2 rings (SSSR count). The van der Waals surface area contributed by atoms with Crippen molar-refractivity contribution in [3.05, 3.63) is 12.1 Å². The van der Waals surface area contributed by atoms with Gasteiger partial charge in [-0.1, -0.05) is 0 Å². The predicted octanol–water partition coefficient (Wildman–Crippen LogP) is 10.0. The van der Waals surface area contributed by atoms with Crippen molar-refractivity contribution in [3.63, 3.8) is 0 Å². The summed E-state index contributed by atoms with van der Waals surface area (Å²) in [5, 5.41) is 0. The van der Waals surface area contributed by atoms with Gasteiger partial charge in [-0.2, -0.15) is 0 Å². The fourth-order valence-electron chi connectivity index (χ4n) is 4.38. The van der Waals surface area contributed by atoms with Gasteiger partial charge >= 0.3 is 242 Å². The first-order valence-corrected chi connectivity index (χ1v) is 36.2. The van der Waals surface area contributed by atoms with E-state index in [1.807, 2.05) is 22.7 Å². The Morgan fingerprint density at radius 1 is 0.528 bits per heavy atom. The van der Waals surface area contributed by atoms with Crippen LogP contribution in [0, 0.1) is 0 Å². The Hall–Kier alpha value is 0.597. The summed E-state index contributed by atoms with van der Waals surface area (Å²) in [4.78, 5) is 17.9. The molecule has 0 spiro atoms. The van der Waals surface area contributed by atoms with E-state index in [-0.39, 0.29) is 0 Å². The molecular formula is C30H54O2S2Sn2. The Labute approximate surface area is 239 Å². The van der Waals surface area contributed by atoms with E-state index < -0.39 is 36.8 Å². The molecule has 0 bridgehead atoms. The average molecular weight is 748 g/mol. The van der Waals surface area contributed by atoms with Gasteiger partial charge in [0.2, 0.25) is 0 Å². The predicted molar refractivity (Wildman–Crippen MR) is 171 cm³/mol. The van der Waals surface area contributed by atoms with Gasteiger partial charge in [0.25, 0.3) is 0 Å². The Morgan fingerprint density at radius 2 is 0.861 bits per heavy atom. The van der Waals surface area contributed by atoms with Gasteiger partial charge in [-0.15, -0.1) is 0 Å². The van der Waals surface area contributed by atoms with Crippen LogP contribution in [-0.2, 0) is 0 Å². The summed E-state index contributed by atoms with van der Waals surface area (Å²) in [5.74, 6) is 2.38. The third-order valence-corrected chi connectivity index (χ3v) is 27.7. The maximum absolute atomic E-state index is 6.45. The first-order valence-electron chi connectivity index (χ1n) is 14.6. The van der Waals surface area contributed by atoms with E-state index in [1.54, 1.807) is 5.79 Å². The molecule has 0 aliphatic rings. The van der Waals surface area contributed by atoms with Crippen LogP contribution in [0.3, 0.4) is 0 Å². The number of hydrogen-bond acceptors (Lipinski definition) is 4. The molecule has 6 heteroatoms. The van der Waals surface area contributed by atoms with Gasteiger partial charge in [-0.25, -0.2) is 0 Å². The third kappa shape index (κ3) is 11.4. The van der Waals surface area contributed by atoms with Crippen LogP contribution in [0.1, 0.15) is 90.9 Å². The molecule has 0 aliphatic heterocycles. The minimum absolute atomic E-state index is 0.859. The van der Waals surface area contributed by atoms with Crippen LogP contribution in [0.5, 0.6) is 11.5 Å². The fraction of sp³-hybridized carbons (Fsp3) is 0.733. The zero-order valence-electron chi connectivity index (χ0n) is 24.7. The van der Waals surface area contributed by atoms with Crippen LogP contribution in [0.2, 0.25) is 29.6 Å². The van der Waals surface area contributed by atoms with Crippen LogP contribution in [0.15, 0.2) is 12.1 Å². The molecule has 0 aromatic carbocycles. The van der Waals surface area contributed by atoms with Crippen molar-refractivity contribution in [2.24, 2.45) is 0 Å². The first kappa shape index (κ1) is 32.8. The molecule has 0 aliphatic carbocycles. The zero-order chi connectivity index (χ0) is 26.6. The molecule has 0 radical (unpaired) electrons. The van der Waals surface area contributed by atoms with Crippen molar-refractivity contribution in [3.8, 4) is 21.3 Å². The van der Waals surface area contributed by atoms with E-state index in [4.69, 9.17) is 9.47 Å². The maximum atomic E-state index is 6.45. The molecule has 0 atom stereocenters. The molecule has 0 unspecified atom stereocenters. The molecule has 0 fully saturated rings. The van der Waals surface area contributed by atoms with Crippen LogP contribution in [-0.4, -0.2) is 50.0 Å². The van der Waals surface area contributed by atoms with Crippen molar-refractivity contribution in [1.82, 2.24) is 0 Å². The van der Waals surface area contributed by atoms with Gasteiger partial charge < -0.3 is 0 Å². The van der Waals surface area contributed by atoms with Gasteiger partial charge in [0.15, 0.2) is 0 Å². The van der Waals surface area contributed by atoms with Gasteiger partial charge in [0.05, 0.1) is 0 Å². The van der Waals surface area contributed by atoms with Crippen molar-refractivity contribution in [2.75, 3.05) is 13.2 Å². The number of thiophene rings is 2. The Morgan fingerprint density at radius 3 is 1.19 bits per heavy atom. The Kier molecular flexibility index (Phi) is 15.2. The summed E-state index contributed by atoms with van der Waals surface area (Å²) >= 11 is -0.533. The number of rotatable bonds is 19. The Bertz CT molecular complexity index is 802. The molecule has 0 saturated carbocycles. The van der Waals surface area contributed by atoms with Crippen molar-refractivity contribution < 1.29 is 9.47 Å². The molecule has 36 heavy (non-hydrogen) atoms. The first-order chi connectivity index (χ1) is 17.1. The Balaban J connectivity index is 2.10. The summed E-state index contributed by atoms with van der Waals surface area (Å²) in [6.45, 7) is 6.28. The molecule has 0 N–H and O–H groups in total. The topological polar surface area (TPSA) is 18.5 Å². The molecule has 2 aromatic heterocycles. The van der Waals surface area contributed by atoms with E-state index in [9.17, 15) is 0 Å². The molecular weight excluding hydrogens is 694 g/mol. The van der Waals surface area contributed by atoms with E-state index in [0.717, 1.165) is 13.2 Å². The van der Waals surface area contributed by atoms with Gasteiger partial charge in [0, 0.05) is 0 Å². The van der Waals surface area contributed by atoms with Crippen LogP contribution in [0.25, 0.3) is 9.75 Å². The van der Waals surface area contributed by atoms with E-state index >= 15 is 0 Å². The van der Waals surface area contributed by atoms with Crippen molar-refractivity contribution >= 4 is 65.2 Å².